The highest BCUT2D eigenvalue weighted by Gasteiger charge is 2.19. The normalized spacial score (nSPS) is 15.7. The molecule has 6 nitrogen and oxygen atoms in total. The van der Waals surface area contributed by atoms with Crippen LogP contribution in [0.2, 0.25) is 0 Å². The van der Waals surface area contributed by atoms with E-state index in [1.165, 1.54) is 0 Å². The SMILES string of the molecule is CCC(NCCCS(=O)(=O)O)C(C)C(N)=O. The Labute approximate surface area is 96.3 Å². The summed E-state index contributed by atoms with van der Waals surface area (Å²) in [5, 5.41) is 3.05. The van der Waals surface area contributed by atoms with E-state index < -0.39 is 10.1 Å². The predicted octanol–water partition coefficient (Wildman–Crippen LogP) is -0.246. The molecule has 2 unspecified atom stereocenters. The molecule has 0 saturated heterocycles. The number of hydrogen-bond donors (Lipinski definition) is 3. The number of primary amides is 1. The fourth-order valence-electron chi connectivity index (χ4n) is 1.41. The molecule has 0 aliphatic carbocycles. The van der Waals surface area contributed by atoms with E-state index in [2.05, 4.69) is 5.32 Å². The minimum Gasteiger partial charge on any atom is -0.369 e. The topological polar surface area (TPSA) is 109 Å². The second-order valence-electron chi connectivity index (χ2n) is 3.80. The fourth-order valence-corrected chi connectivity index (χ4v) is 1.92. The van der Waals surface area contributed by atoms with Gasteiger partial charge in [-0.15, -0.1) is 0 Å². The van der Waals surface area contributed by atoms with Crippen molar-refractivity contribution in [2.24, 2.45) is 11.7 Å². The van der Waals surface area contributed by atoms with Gasteiger partial charge in [0.1, 0.15) is 0 Å². The molecule has 0 saturated carbocycles. The van der Waals surface area contributed by atoms with Crippen LogP contribution in [0.5, 0.6) is 0 Å². The Morgan fingerprint density at radius 2 is 2.06 bits per heavy atom. The van der Waals surface area contributed by atoms with Gasteiger partial charge in [-0.1, -0.05) is 13.8 Å². The molecule has 96 valence electrons. The maximum absolute atomic E-state index is 10.9. The van der Waals surface area contributed by atoms with E-state index in [0.717, 1.165) is 6.42 Å². The Morgan fingerprint density at radius 3 is 2.44 bits per heavy atom. The van der Waals surface area contributed by atoms with Crippen molar-refractivity contribution in [1.29, 1.82) is 0 Å². The molecule has 0 aromatic carbocycles. The number of nitrogens with two attached hydrogens (primary N) is 1. The third kappa shape index (κ3) is 6.76. The Bertz CT molecular complexity index is 315. The molecule has 0 spiro atoms. The van der Waals surface area contributed by atoms with Crippen LogP contribution in [0.15, 0.2) is 0 Å². The van der Waals surface area contributed by atoms with Crippen molar-refractivity contribution in [2.75, 3.05) is 12.3 Å². The molecule has 0 aromatic rings. The van der Waals surface area contributed by atoms with E-state index in [-0.39, 0.29) is 23.6 Å². The summed E-state index contributed by atoms with van der Waals surface area (Å²) in [6, 6.07) is -0.0566. The van der Waals surface area contributed by atoms with Gasteiger partial charge in [-0.25, -0.2) is 0 Å². The zero-order valence-electron chi connectivity index (χ0n) is 9.64. The molecule has 0 radical (unpaired) electrons. The molecule has 2 atom stereocenters. The summed E-state index contributed by atoms with van der Waals surface area (Å²) in [5.74, 6) is -0.952. The molecule has 4 N–H and O–H groups in total. The second-order valence-corrected chi connectivity index (χ2v) is 5.37. The highest BCUT2D eigenvalue weighted by atomic mass is 32.2. The van der Waals surface area contributed by atoms with Gasteiger partial charge in [0.05, 0.1) is 11.7 Å². The van der Waals surface area contributed by atoms with Gasteiger partial charge >= 0.3 is 0 Å². The molecule has 0 heterocycles. The van der Waals surface area contributed by atoms with Crippen LogP contribution < -0.4 is 11.1 Å². The quantitative estimate of drug-likeness (QED) is 0.408. The van der Waals surface area contributed by atoms with Crippen molar-refractivity contribution in [2.45, 2.75) is 32.7 Å². The molecule has 1 amide bonds. The smallest absolute Gasteiger partial charge is 0.264 e. The predicted molar refractivity (Wildman–Crippen MR) is 61.5 cm³/mol. The zero-order chi connectivity index (χ0) is 12.8. The summed E-state index contributed by atoms with van der Waals surface area (Å²) in [6.45, 7) is 4.07. The van der Waals surface area contributed by atoms with Gasteiger partial charge in [-0.3, -0.25) is 9.35 Å². The third-order valence-electron chi connectivity index (χ3n) is 2.48. The first-order valence-electron chi connectivity index (χ1n) is 5.25. The molecule has 16 heavy (non-hydrogen) atoms. The first kappa shape index (κ1) is 15.3. The number of rotatable bonds is 8. The summed E-state index contributed by atoms with van der Waals surface area (Å²) in [4.78, 5) is 10.9. The number of carbonyl (C=O) groups is 1. The lowest BCUT2D eigenvalue weighted by atomic mass is 9.99. The minimum atomic E-state index is -3.90. The molecule has 0 bridgehead atoms. The van der Waals surface area contributed by atoms with Crippen LogP contribution in [0.4, 0.5) is 0 Å². The van der Waals surface area contributed by atoms with Crippen molar-refractivity contribution >= 4 is 16.0 Å². The maximum atomic E-state index is 10.9. The lowest BCUT2D eigenvalue weighted by Gasteiger charge is -2.21. The average molecular weight is 252 g/mol. The van der Waals surface area contributed by atoms with Gasteiger partial charge in [0.15, 0.2) is 0 Å². The van der Waals surface area contributed by atoms with Crippen LogP contribution in [0.25, 0.3) is 0 Å². The van der Waals surface area contributed by atoms with Crippen molar-refractivity contribution in [1.82, 2.24) is 5.32 Å². The molecule has 0 fully saturated rings. The summed E-state index contributed by atoms with van der Waals surface area (Å²) >= 11 is 0. The highest BCUT2D eigenvalue weighted by molar-refractivity contribution is 7.85. The van der Waals surface area contributed by atoms with Crippen LogP contribution >= 0.6 is 0 Å². The van der Waals surface area contributed by atoms with E-state index in [1.54, 1.807) is 6.92 Å². The van der Waals surface area contributed by atoms with Crippen LogP contribution in [0, 0.1) is 5.92 Å². The van der Waals surface area contributed by atoms with Crippen molar-refractivity contribution < 1.29 is 17.8 Å². The van der Waals surface area contributed by atoms with Crippen LogP contribution in [-0.2, 0) is 14.9 Å². The van der Waals surface area contributed by atoms with Crippen LogP contribution in [-0.4, -0.2) is 37.2 Å². The van der Waals surface area contributed by atoms with E-state index >= 15 is 0 Å². The Hall–Kier alpha value is -0.660. The summed E-state index contributed by atoms with van der Waals surface area (Å²) < 4.78 is 29.4. The lowest BCUT2D eigenvalue weighted by molar-refractivity contribution is -0.122. The minimum absolute atomic E-state index is 0.0566. The van der Waals surface area contributed by atoms with E-state index in [9.17, 15) is 13.2 Å². The van der Waals surface area contributed by atoms with Gasteiger partial charge in [-0.05, 0) is 19.4 Å². The zero-order valence-corrected chi connectivity index (χ0v) is 10.5. The van der Waals surface area contributed by atoms with Gasteiger partial charge in [0, 0.05) is 6.04 Å². The third-order valence-corrected chi connectivity index (χ3v) is 3.28. The van der Waals surface area contributed by atoms with Crippen molar-refractivity contribution in [3.05, 3.63) is 0 Å². The summed E-state index contributed by atoms with van der Waals surface area (Å²) in [5.41, 5.74) is 5.17. The maximum Gasteiger partial charge on any atom is 0.264 e. The highest BCUT2D eigenvalue weighted by Crippen LogP contribution is 2.06. The number of hydrogen-bond acceptors (Lipinski definition) is 4. The van der Waals surface area contributed by atoms with Gasteiger partial charge < -0.3 is 11.1 Å². The van der Waals surface area contributed by atoms with Crippen LogP contribution in [0.1, 0.15) is 26.7 Å². The fraction of sp³-hybridized carbons (Fsp3) is 0.889. The number of carbonyl (C=O) groups excluding carboxylic acids is 1. The number of amides is 1. The molecule has 0 rings (SSSR count). The molecular formula is C9H20N2O4S. The van der Waals surface area contributed by atoms with Crippen LogP contribution in [0.3, 0.4) is 0 Å². The van der Waals surface area contributed by atoms with Crippen molar-refractivity contribution in [3.63, 3.8) is 0 Å². The summed E-state index contributed by atoms with van der Waals surface area (Å²) in [7, 11) is -3.90. The van der Waals surface area contributed by atoms with E-state index in [0.29, 0.717) is 13.0 Å². The average Bonchev–Trinajstić information content (AvgIpc) is 2.15. The largest absolute Gasteiger partial charge is 0.369 e. The Kier molecular flexibility index (Phi) is 6.54. The summed E-state index contributed by atoms with van der Waals surface area (Å²) in [6.07, 6.45) is 1.04. The molecule has 7 heteroatoms. The molecular weight excluding hydrogens is 232 g/mol. The first-order chi connectivity index (χ1) is 7.28. The lowest BCUT2D eigenvalue weighted by Crippen LogP contribution is -2.41. The van der Waals surface area contributed by atoms with Crippen molar-refractivity contribution in [3.8, 4) is 0 Å². The van der Waals surface area contributed by atoms with Gasteiger partial charge in [0.25, 0.3) is 10.1 Å². The van der Waals surface area contributed by atoms with Gasteiger partial charge in [-0.2, -0.15) is 8.42 Å². The van der Waals surface area contributed by atoms with Gasteiger partial charge in [0.2, 0.25) is 5.91 Å². The first-order valence-corrected chi connectivity index (χ1v) is 6.86. The molecule has 0 aromatic heterocycles. The Balaban J connectivity index is 3.93. The molecule has 0 aliphatic rings. The Morgan fingerprint density at radius 1 is 1.50 bits per heavy atom. The monoisotopic (exact) mass is 252 g/mol. The standard InChI is InChI=1S/C9H20N2O4S/c1-3-8(7(2)9(10)12)11-5-4-6-16(13,14)15/h7-8,11H,3-6H2,1-2H3,(H2,10,12)(H,13,14,15). The van der Waals surface area contributed by atoms with E-state index in [4.69, 9.17) is 10.3 Å². The van der Waals surface area contributed by atoms with E-state index in [1.807, 2.05) is 6.92 Å². The molecule has 0 aliphatic heterocycles. The second kappa shape index (κ2) is 6.82. The number of nitrogens with one attached hydrogen (secondary N) is 1.